The molecule has 2 aliphatic heterocycles. The van der Waals surface area contributed by atoms with Crippen molar-refractivity contribution in [1.82, 2.24) is 5.32 Å². The minimum atomic E-state index is -1.78. The normalized spacial score (nSPS) is 26.8. The summed E-state index contributed by atoms with van der Waals surface area (Å²) in [6.07, 6.45) is 25.4. The Balaban J connectivity index is 1.79. The highest BCUT2D eigenvalue weighted by molar-refractivity contribution is 5.76. The van der Waals surface area contributed by atoms with Gasteiger partial charge in [-0.25, -0.2) is 0 Å². The first kappa shape index (κ1) is 60.9. The number of nitrogens with one attached hydrogen (secondary N) is 1. The van der Waals surface area contributed by atoms with Crippen molar-refractivity contribution in [3.8, 4) is 0 Å². The molecule has 0 saturated carbocycles. The number of allylic oxidation sites excluding steroid dienone is 1. The Kier molecular flexibility index (Phi) is 36.4. The number of hydrogen-bond donors (Lipinski definition) is 9. The average Bonchev–Trinajstić information content (AvgIpc) is 3.31. The molecule has 2 aliphatic rings. The molecule has 390 valence electrons. The summed E-state index contributed by atoms with van der Waals surface area (Å²) in [6.45, 7) is 2.79. The van der Waals surface area contributed by atoms with Crippen LogP contribution in [0.1, 0.15) is 219 Å². The highest BCUT2D eigenvalue weighted by Gasteiger charge is 2.51. The van der Waals surface area contributed by atoms with E-state index in [0.717, 1.165) is 38.5 Å². The molecule has 0 aromatic carbocycles. The first-order chi connectivity index (χ1) is 32.1. The third-order valence-corrected chi connectivity index (χ3v) is 13.5. The second-order valence-electron chi connectivity index (χ2n) is 19.4. The van der Waals surface area contributed by atoms with Gasteiger partial charge >= 0.3 is 0 Å². The zero-order valence-corrected chi connectivity index (χ0v) is 41.5. The number of amides is 1. The predicted octanol–water partition coefficient (Wildman–Crippen LogP) is 7.55. The maximum atomic E-state index is 13.2. The van der Waals surface area contributed by atoms with Crippen molar-refractivity contribution in [2.45, 2.75) is 293 Å². The molecule has 0 aromatic heterocycles. The van der Waals surface area contributed by atoms with E-state index in [1.54, 1.807) is 6.08 Å². The Bertz CT molecular complexity index is 1160. The van der Waals surface area contributed by atoms with Crippen LogP contribution in [0.5, 0.6) is 0 Å². The molecule has 0 spiro atoms. The molecule has 14 nitrogen and oxygen atoms in total. The maximum Gasteiger partial charge on any atom is 0.220 e. The molecule has 14 heteroatoms. The molecule has 2 fully saturated rings. The van der Waals surface area contributed by atoms with Gasteiger partial charge in [-0.05, 0) is 19.3 Å². The third kappa shape index (κ3) is 26.1. The third-order valence-electron chi connectivity index (χ3n) is 13.5. The van der Waals surface area contributed by atoms with E-state index in [-0.39, 0.29) is 18.9 Å². The number of unbranched alkanes of at least 4 members (excludes halogenated alkanes) is 29. The number of hydrogen-bond acceptors (Lipinski definition) is 13. The number of carbonyl (C=O) groups excluding carboxylic acids is 1. The molecule has 2 rings (SSSR count). The highest BCUT2D eigenvalue weighted by Crippen LogP contribution is 2.30. The lowest BCUT2D eigenvalue weighted by molar-refractivity contribution is -0.359. The first-order valence-corrected chi connectivity index (χ1v) is 26.9. The largest absolute Gasteiger partial charge is 0.394 e. The first-order valence-electron chi connectivity index (χ1n) is 26.9. The highest BCUT2D eigenvalue weighted by atomic mass is 16.7. The Hall–Kier alpha value is -1.27. The van der Waals surface area contributed by atoms with Gasteiger partial charge in [0.15, 0.2) is 12.6 Å². The lowest BCUT2D eigenvalue weighted by Crippen LogP contribution is -2.65. The smallest absolute Gasteiger partial charge is 0.220 e. The van der Waals surface area contributed by atoms with Crippen molar-refractivity contribution in [3.63, 3.8) is 0 Å². The molecule has 0 aliphatic carbocycles. The fraction of sp³-hybridized carbons (Fsp3) is 0.942. The van der Waals surface area contributed by atoms with Gasteiger partial charge in [-0.1, -0.05) is 206 Å². The second-order valence-corrected chi connectivity index (χ2v) is 19.4. The minimum absolute atomic E-state index is 0.237. The molecule has 2 saturated heterocycles. The van der Waals surface area contributed by atoms with E-state index >= 15 is 0 Å². The lowest BCUT2D eigenvalue weighted by atomic mass is 9.97. The van der Waals surface area contributed by atoms with Gasteiger partial charge in [0.05, 0.1) is 32.0 Å². The quantitative estimate of drug-likeness (QED) is 0.0213. The summed E-state index contributed by atoms with van der Waals surface area (Å²) >= 11 is 0. The van der Waals surface area contributed by atoms with Crippen molar-refractivity contribution in [3.05, 3.63) is 12.2 Å². The van der Waals surface area contributed by atoms with Gasteiger partial charge in [0.1, 0.15) is 48.8 Å². The van der Waals surface area contributed by atoms with Crippen LogP contribution >= 0.6 is 0 Å². The molecular weight excluding hydrogens is 847 g/mol. The van der Waals surface area contributed by atoms with Gasteiger partial charge < -0.3 is 65.1 Å². The molecule has 0 aromatic rings. The molecule has 12 unspecified atom stereocenters. The van der Waals surface area contributed by atoms with Gasteiger partial charge in [-0.3, -0.25) is 4.79 Å². The van der Waals surface area contributed by atoms with Crippen molar-refractivity contribution >= 4 is 5.91 Å². The van der Waals surface area contributed by atoms with Crippen LogP contribution in [0.15, 0.2) is 12.2 Å². The van der Waals surface area contributed by atoms with Gasteiger partial charge in [0.25, 0.3) is 0 Å². The van der Waals surface area contributed by atoms with Crippen molar-refractivity contribution in [2.24, 2.45) is 0 Å². The Morgan fingerprint density at radius 2 is 0.939 bits per heavy atom. The van der Waals surface area contributed by atoms with Crippen LogP contribution in [-0.2, 0) is 23.7 Å². The number of rotatable bonds is 42. The number of ether oxygens (including phenoxy) is 4. The SMILES string of the molecule is CCCCCCCCCCCC/C=C/C(O)C(COC1OC(CO)C(OC2OC(CO)C(O)C(O)C2O)C(O)C1O)NC(=O)CCCCCCCCCCCCCCCCCCCCCC. The monoisotopic (exact) mass is 946 g/mol. The molecule has 1 amide bonds. The molecule has 0 bridgehead atoms. The molecule has 12 atom stereocenters. The number of carbonyl (C=O) groups is 1. The van der Waals surface area contributed by atoms with Crippen LogP contribution < -0.4 is 5.32 Å². The van der Waals surface area contributed by atoms with Crippen molar-refractivity contribution in [2.75, 3.05) is 19.8 Å². The number of aliphatic hydroxyl groups is 8. The Labute approximate surface area is 399 Å². The van der Waals surface area contributed by atoms with Crippen LogP contribution in [0, 0.1) is 0 Å². The Morgan fingerprint density at radius 1 is 0.530 bits per heavy atom. The number of aliphatic hydroxyl groups excluding tert-OH is 8. The minimum Gasteiger partial charge on any atom is -0.394 e. The van der Waals surface area contributed by atoms with Crippen molar-refractivity contribution < 1.29 is 64.6 Å². The topological polar surface area (TPSA) is 228 Å². The van der Waals surface area contributed by atoms with Gasteiger partial charge in [0, 0.05) is 6.42 Å². The van der Waals surface area contributed by atoms with Gasteiger partial charge in [-0.15, -0.1) is 0 Å². The van der Waals surface area contributed by atoms with Crippen LogP contribution in [0.3, 0.4) is 0 Å². The molecule has 9 N–H and O–H groups in total. The standard InChI is InChI=1S/C52H99NO13/c1-3-5-7-9-11-13-15-17-18-19-20-21-22-23-24-26-28-30-32-34-36-44(57)53-40(41(56)35-33-31-29-27-25-16-14-12-10-8-6-4-2)39-63-51-49(62)47(60)50(43(38-55)65-51)66-52-48(61)46(59)45(58)42(37-54)64-52/h33,35,40-43,45-52,54-56,58-62H,3-32,34,36-39H2,1-2H3,(H,53,57)/b35-33+. The summed E-state index contributed by atoms with van der Waals surface area (Å²) in [5.41, 5.74) is 0. The van der Waals surface area contributed by atoms with Gasteiger partial charge in [-0.2, -0.15) is 0 Å². The molecule has 66 heavy (non-hydrogen) atoms. The van der Waals surface area contributed by atoms with E-state index in [9.17, 15) is 45.6 Å². The Morgan fingerprint density at radius 3 is 1.39 bits per heavy atom. The van der Waals surface area contributed by atoms with E-state index in [1.807, 2.05) is 6.08 Å². The molecular formula is C52H99NO13. The summed E-state index contributed by atoms with van der Waals surface area (Å²) in [7, 11) is 0. The zero-order valence-electron chi connectivity index (χ0n) is 41.5. The maximum absolute atomic E-state index is 13.2. The lowest BCUT2D eigenvalue weighted by Gasteiger charge is -2.46. The van der Waals surface area contributed by atoms with Crippen LogP contribution in [0.2, 0.25) is 0 Å². The summed E-state index contributed by atoms with van der Waals surface area (Å²) in [5.74, 6) is -0.237. The van der Waals surface area contributed by atoms with E-state index in [4.69, 9.17) is 18.9 Å². The second kappa shape index (κ2) is 39.5. The summed E-state index contributed by atoms with van der Waals surface area (Å²) in [5, 5.41) is 86.8. The zero-order chi connectivity index (χ0) is 48.2. The molecule has 2 heterocycles. The van der Waals surface area contributed by atoms with E-state index in [2.05, 4.69) is 19.2 Å². The summed E-state index contributed by atoms with van der Waals surface area (Å²) < 4.78 is 22.7. The van der Waals surface area contributed by atoms with E-state index < -0.39 is 86.8 Å². The summed E-state index contributed by atoms with van der Waals surface area (Å²) in [4.78, 5) is 13.2. The van der Waals surface area contributed by atoms with Crippen LogP contribution in [-0.4, -0.2) is 140 Å². The van der Waals surface area contributed by atoms with Crippen LogP contribution in [0.4, 0.5) is 0 Å². The van der Waals surface area contributed by atoms with E-state index in [1.165, 1.54) is 154 Å². The fourth-order valence-corrected chi connectivity index (χ4v) is 9.06. The summed E-state index contributed by atoms with van der Waals surface area (Å²) in [6, 6.07) is -0.907. The average molecular weight is 946 g/mol. The predicted molar refractivity (Wildman–Crippen MR) is 259 cm³/mol. The fourth-order valence-electron chi connectivity index (χ4n) is 9.06. The molecule has 0 radical (unpaired) electrons. The van der Waals surface area contributed by atoms with Gasteiger partial charge in [0.2, 0.25) is 5.91 Å². The van der Waals surface area contributed by atoms with E-state index in [0.29, 0.717) is 6.42 Å². The van der Waals surface area contributed by atoms with Crippen molar-refractivity contribution in [1.29, 1.82) is 0 Å². The van der Waals surface area contributed by atoms with Crippen LogP contribution in [0.25, 0.3) is 0 Å².